The molecule has 6 rings (SSSR count). The van der Waals surface area contributed by atoms with Crippen molar-refractivity contribution in [3.63, 3.8) is 0 Å². The van der Waals surface area contributed by atoms with Gasteiger partial charge in [-0.15, -0.1) is 0 Å². The summed E-state index contributed by atoms with van der Waals surface area (Å²) >= 11 is 0. The molecule has 0 spiro atoms. The van der Waals surface area contributed by atoms with Crippen molar-refractivity contribution in [2.24, 2.45) is 5.92 Å². The quantitative estimate of drug-likeness (QED) is 0.320. The number of allylic oxidation sites excluding steroid dienone is 2. The number of hydrogen-bond donors (Lipinski definition) is 1. The predicted molar refractivity (Wildman–Crippen MR) is 131 cm³/mol. The number of non-ortho nitro benzene ring substituents is 1. The molecule has 3 unspecified atom stereocenters. The lowest BCUT2D eigenvalue weighted by Gasteiger charge is -2.37. The average molecular weight is 474 g/mol. The molecule has 0 aromatic heterocycles. The van der Waals surface area contributed by atoms with Gasteiger partial charge < -0.3 is 5.32 Å². The van der Waals surface area contributed by atoms with E-state index in [1.165, 1.54) is 16.4 Å². The first kappa shape index (κ1) is 20.9. The third-order valence-corrected chi connectivity index (χ3v) is 9.04. The topological polar surface area (TPSA) is 92.5 Å². The highest BCUT2D eigenvalue weighted by Gasteiger charge is 2.39. The van der Waals surface area contributed by atoms with Crippen LogP contribution in [-0.4, -0.2) is 19.9 Å². The Balaban J connectivity index is 1.36. The lowest BCUT2D eigenvalue weighted by atomic mass is 9.77. The van der Waals surface area contributed by atoms with E-state index in [4.69, 9.17) is 0 Å². The fourth-order valence-electron chi connectivity index (χ4n) is 5.55. The number of para-hydroxylation sites is 1. The number of anilines is 2. The van der Waals surface area contributed by atoms with Crippen LogP contribution in [0.3, 0.4) is 0 Å². The first-order valence-electron chi connectivity index (χ1n) is 11.4. The maximum Gasteiger partial charge on any atom is 0.269 e. The fourth-order valence-corrected chi connectivity index (χ4v) is 7.09. The highest BCUT2D eigenvalue weighted by atomic mass is 32.2. The fraction of sp³-hybridized carbons (Fsp3) is 0.231. The Kier molecular flexibility index (Phi) is 4.74. The molecule has 2 aliphatic heterocycles. The standard InChI is InChI=1S/C26H23N3O4S/c30-29(31)19-10-8-18(9-11-19)26-22-6-3-5-21(22)23-16-20(12-13-24(23)27-26)34(32,33)28-15-14-17-4-1-2-7-25(17)28/h1-5,7-13,16,21-22,26-27H,6,14-15H2. The van der Waals surface area contributed by atoms with Gasteiger partial charge in [0.15, 0.2) is 0 Å². The number of sulfonamides is 1. The molecule has 0 saturated heterocycles. The largest absolute Gasteiger partial charge is 0.378 e. The minimum Gasteiger partial charge on any atom is -0.378 e. The van der Waals surface area contributed by atoms with Gasteiger partial charge in [0.05, 0.1) is 21.5 Å². The second-order valence-electron chi connectivity index (χ2n) is 9.03. The molecule has 34 heavy (non-hydrogen) atoms. The summed E-state index contributed by atoms with van der Waals surface area (Å²) in [4.78, 5) is 10.9. The summed E-state index contributed by atoms with van der Waals surface area (Å²) in [5.74, 6) is 0.289. The average Bonchev–Trinajstić information content (AvgIpc) is 3.51. The Bertz CT molecular complexity index is 1430. The molecule has 2 heterocycles. The Morgan fingerprint density at radius 3 is 2.62 bits per heavy atom. The summed E-state index contributed by atoms with van der Waals surface area (Å²) < 4.78 is 28.7. The van der Waals surface area contributed by atoms with E-state index >= 15 is 0 Å². The van der Waals surface area contributed by atoms with E-state index in [1.807, 2.05) is 36.4 Å². The molecule has 3 aliphatic rings. The molecule has 8 heteroatoms. The third-order valence-electron chi connectivity index (χ3n) is 7.23. The molecule has 3 atom stereocenters. The first-order valence-corrected chi connectivity index (χ1v) is 12.8. The van der Waals surface area contributed by atoms with Crippen molar-refractivity contribution in [1.82, 2.24) is 0 Å². The zero-order valence-corrected chi connectivity index (χ0v) is 19.1. The molecule has 0 saturated carbocycles. The Labute approximate surface area is 197 Å². The molecular weight excluding hydrogens is 450 g/mol. The number of fused-ring (bicyclic) bond motifs is 4. The second kappa shape index (κ2) is 7.70. The minimum absolute atomic E-state index is 0.0128. The molecule has 1 aliphatic carbocycles. The van der Waals surface area contributed by atoms with Crippen molar-refractivity contribution < 1.29 is 13.3 Å². The highest BCUT2D eigenvalue weighted by molar-refractivity contribution is 7.92. The van der Waals surface area contributed by atoms with Gasteiger partial charge in [-0.25, -0.2) is 8.42 Å². The van der Waals surface area contributed by atoms with E-state index in [-0.39, 0.29) is 23.6 Å². The minimum atomic E-state index is -3.68. The summed E-state index contributed by atoms with van der Waals surface area (Å²) in [6, 6.07) is 19.7. The summed E-state index contributed by atoms with van der Waals surface area (Å²) in [6.07, 6.45) is 5.87. The van der Waals surface area contributed by atoms with Gasteiger partial charge in [-0.2, -0.15) is 0 Å². The van der Waals surface area contributed by atoms with E-state index in [0.29, 0.717) is 17.9 Å². The summed E-state index contributed by atoms with van der Waals surface area (Å²) in [6.45, 7) is 0.450. The van der Waals surface area contributed by atoms with Crippen LogP contribution in [0.15, 0.2) is 83.8 Å². The molecule has 172 valence electrons. The Morgan fingerprint density at radius 1 is 1.03 bits per heavy atom. The van der Waals surface area contributed by atoms with Crippen LogP contribution in [0.5, 0.6) is 0 Å². The lowest BCUT2D eigenvalue weighted by Crippen LogP contribution is -2.31. The van der Waals surface area contributed by atoms with Crippen LogP contribution in [0.1, 0.15) is 35.1 Å². The van der Waals surface area contributed by atoms with E-state index in [0.717, 1.165) is 34.5 Å². The van der Waals surface area contributed by atoms with Gasteiger partial charge in [0.1, 0.15) is 0 Å². The van der Waals surface area contributed by atoms with Gasteiger partial charge in [-0.05, 0) is 59.7 Å². The van der Waals surface area contributed by atoms with E-state index in [2.05, 4.69) is 17.5 Å². The van der Waals surface area contributed by atoms with E-state index in [9.17, 15) is 18.5 Å². The van der Waals surface area contributed by atoms with Gasteiger partial charge in [0, 0.05) is 30.3 Å². The molecule has 7 nitrogen and oxygen atoms in total. The molecule has 3 aromatic rings. The van der Waals surface area contributed by atoms with Gasteiger partial charge in [0.25, 0.3) is 15.7 Å². The van der Waals surface area contributed by atoms with Crippen LogP contribution >= 0.6 is 0 Å². The number of hydrogen-bond acceptors (Lipinski definition) is 5. The SMILES string of the molecule is O=[N+]([O-])c1ccc(C2Nc3ccc(S(=O)(=O)N4CCc5ccccc54)cc3C3C=CCC32)cc1. The van der Waals surface area contributed by atoms with Crippen LogP contribution in [0.2, 0.25) is 0 Å². The number of rotatable bonds is 4. The lowest BCUT2D eigenvalue weighted by molar-refractivity contribution is -0.384. The van der Waals surface area contributed by atoms with E-state index < -0.39 is 14.9 Å². The summed E-state index contributed by atoms with van der Waals surface area (Å²) in [5, 5.41) is 14.6. The molecule has 0 bridgehead atoms. The smallest absolute Gasteiger partial charge is 0.269 e. The first-order chi connectivity index (χ1) is 16.4. The highest BCUT2D eigenvalue weighted by Crippen LogP contribution is 2.50. The van der Waals surface area contributed by atoms with Crippen LogP contribution in [0, 0.1) is 16.0 Å². The van der Waals surface area contributed by atoms with Crippen molar-refractivity contribution in [3.8, 4) is 0 Å². The van der Waals surface area contributed by atoms with Gasteiger partial charge >= 0.3 is 0 Å². The molecule has 0 radical (unpaired) electrons. The maximum atomic E-state index is 13.6. The zero-order valence-electron chi connectivity index (χ0n) is 18.3. The van der Waals surface area contributed by atoms with Gasteiger partial charge in [0.2, 0.25) is 0 Å². The van der Waals surface area contributed by atoms with Crippen molar-refractivity contribution in [1.29, 1.82) is 0 Å². The molecule has 3 aromatic carbocycles. The molecule has 0 fully saturated rings. The summed E-state index contributed by atoms with van der Waals surface area (Å²) in [7, 11) is -3.68. The number of benzene rings is 3. The van der Waals surface area contributed by atoms with Crippen LogP contribution in [0.4, 0.5) is 17.1 Å². The second-order valence-corrected chi connectivity index (χ2v) is 10.9. The number of nitro groups is 1. The van der Waals surface area contributed by atoms with Crippen molar-refractivity contribution in [2.75, 3.05) is 16.2 Å². The normalized spacial score (nSPS) is 22.6. The van der Waals surface area contributed by atoms with Crippen molar-refractivity contribution >= 4 is 27.1 Å². The molecule has 0 amide bonds. The van der Waals surface area contributed by atoms with Crippen molar-refractivity contribution in [2.45, 2.75) is 29.7 Å². The van der Waals surface area contributed by atoms with Crippen molar-refractivity contribution in [3.05, 3.63) is 106 Å². The Hall–Kier alpha value is -3.65. The van der Waals surface area contributed by atoms with E-state index in [1.54, 1.807) is 18.2 Å². The van der Waals surface area contributed by atoms with Gasteiger partial charge in [-0.3, -0.25) is 14.4 Å². The van der Waals surface area contributed by atoms with Crippen LogP contribution in [-0.2, 0) is 16.4 Å². The Morgan fingerprint density at radius 2 is 1.82 bits per heavy atom. The third kappa shape index (κ3) is 3.20. The molecular formula is C26H23N3O4S. The summed E-state index contributed by atoms with van der Waals surface area (Å²) in [5.41, 5.74) is 4.74. The molecule has 1 N–H and O–H groups in total. The monoisotopic (exact) mass is 473 g/mol. The zero-order chi connectivity index (χ0) is 23.4. The van der Waals surface area contributed by atoms with Crippen LogP contribution < -0.4 is 9.62 Å². The predicted octanol–water partition coefficient (Wildman–Crippen LogP) is 5.17. The van der Waals surface area contributed by atoms with Gasteiger partial charge in [-0.1, -0.05) is 42.5 Å². The number of nitro benzene ring substituents is 1. The number of nitrogens with one attached hydrogen (secondary N) is 1. The number of nitrogens with zero attached hydrogens (tertiary/aromatic N) is 2. The maximum absolute atomic E-state index is 13.6. The van der Waals surface area contributed by atoms with Crippen LogP contribution in [0.25, 0.3) is 0 Å².